The van der Waals surface area contributed by atoms with Crippen molar-refractivity contribution in [3.05, 3.63) is 12.2 Å². The van der Waals surface area contributed by atoms with Crippen LogP contribution in [0.2, 0.25) is 0 Å². The molecule has 0 aromatic heterocycles. The number of hydrogen-bond acceptors (Lipinski definition) is 1. The van der Waals surface area contributed by atoms with Crippen molar-refractivity contribution in [2.24, 2.45) is 5.92 Å². The molecule has 1 heterocycles. The van der Waals surface area contributed by atoms with E-state index in [2.05, 4.69) is 20.2 Å². The van der Waals surface area contributed by atoms with E-state index in [9.17, 15) is 4.57 Å². The topological polar surface area (TPSA) is 17.1 Å². The molecule has 0 aromatic rings. The van der Waals surface area contributed by atoms with E-state index in [1.54, 1.807) is 0 Å². The van der Waals surface area contributed by atoms with Gasteiger partial charge in [-0.25, -0.2) is 0 Å². The summed E-state index contributed by atoms with van der Waals surface area (Å²) in [5.41, 5.74) is 0. The van der Waals surface area contributed by atoms with E-state index in [4.69, 9.17) is 0 Å². The normalized spacial score (nSPS) is 35.8. The molecule has 1 nitrogen and oxygen atoms in total. The maximum Gasteiger partial charge on any atom is 0 e. The first-order valence-electron chi connectivity index (χ1n) is 3.59. The number of hydrogen-bond donors (Lipinski definition) is 0. The summed E-state index contributed by atoms with van der Waals surface area (Å²) in [6.07, 6.45) is 2.87. The van der Waals surface area contributed by atoms with E-state index < -0.39 is 7.02 Å². The fourth-order valence-electron chi connectivity index (χ4n) is 1.17. The summed E-state index contributed by atoms with van der Waals surface area (Å²) in [6.45, 7) is 7.97. The quantitative estimate of drug-likeness (QED) is 0.352. The molecule has 0 amide bonds. The smallest absolute Gasteiger partial charge is 0 e. The second kappa shape index (κ2) is 6.13. The van der Waals surface area contributed by atoms with Crippen LogP contribution in [-0.4, -0.2) is 19.8 Å². The molecule has 2 atom stereocenters. The minimum atomic E-state index is -1.90. The van der Waals surface area contributed by atoms with Gasteiger partial charge in [0.15, 0.2) is 0 Å². The van der Waals surface area contributed by atoms with Crippen molar-refractivity contribution < 1.29 is 44.2 Å². The predicted octanol–water partition coefficient (Wildman–Crippen LogP) is 2.00. The van der Waals surface area contributed by atoms with Crippen molar-refractivity contribution in [1.82, 2.24) is 0 Å². The SMILES string of the molecule is C[C-]1CP(C)(=O)[B][CH-]C1C.[V].[W]. The Kier molecular flexibility index (Phi) is 8.18. The van der Waals surface area contributed by atoms with Crippen LogP contribution in [0.4, 0.5) is 0 Å². The van der Waals surface area contributed by atoms with Crippen LogP contribution in [0.15, 0.2) is 0 Å². The summed E-state index contributed by atoms with van der Waals surface area (Å²) in [5.74, 6) is 1.88. The van der Waals surface area contributed by atoms with Crippen LogP contribution in [-0.2, 0) is 44.2 Å². The van der Waals surface area contributed by atoms with Crippen LogP contribution in [0, 0.1) is 18.2 Å². The average Bonchev–Trinajstić information content (AvgIpc) is 1.79. The van der Waals surface area contributed by atoms with E-state index >= 15 is 0 Å². The van der Waals surface area contributed by atoms with Gasteiger partial charge in [0.1, 0.15) is 0 Å². The van der Waals surface area contributed by atoms with Gasteiger partial charge in [-0.05, 0) is 20.7 Å². The fourth-order valence-corrected chi connectivity index (χ4v) is 3.17. The molecule has 0 bridgehead atoms. The van der Waals surface area contributed by atoms with Gasteiger partial charge in [0.25, 0.3) is 0 Å². The van der Waals surface area contributed by atoms with Crippen LogP contribution in [0.25, 0.3) is 0 Å². The third kappa shape index (κ3) is 4.71. The zero-order valence-electron chi connectivity index (χ0n) is 7.65. The molecule has 0 saturated carbocycles. The Hall–Kier alpha value is 1.57. The van der Waals surface area contributed by atoms with Crippen LogP contribution >= 0.6 is 7.02 Å². The Balaban J connectivity index is 0. The monoisotopic (exact) mass is 390 g/mol. The average molecular weight is 390 g/mol. The van der Waals surface area contributed by atoms with Crippen molar-refractivity contribution >= 4 is 14.0 Å². The van der Waals surface area contributed by atoms with Crippen LogP contribution in [0.1, 0.15) is 13.8 Å². The molecule has 1 saturated heterocycles. The Morgan fingerprint density at radius 3 is 2.50 bits per heavy atom. The van der Waals surface area contributed by atoms with Crippen molar-refractivity contribution in [2.75, 3.05) is 12.8 Å². The van der Waals surface area contributed by atoms with Crippen molar-refractivity contribution in [1.29, 1.82) is 0 Å². The largest absolute Gasteiger partial charge is 0.376 e. The van der Waals surface area contributed by atoms with E-state index in [1.165, 1.54) is 5.92 Å². The van der Waals surface area contributed by atoms with Crippen molar-refractivity contribution in [2.45, 2.75) is 13.8 Å². The molecule has 2 unspecified atom stereocenters. The number of rotatable bonds is 0. The van der Waals surface area contributed by atoms with Gasteiger partial charge in [-0.2, -0.15) is 6.92 Å². The van der Waals surface area contributed by atoms with E-state index in [0.29, 0.717) is 5.92 Å². The molecule has 1 rings (SSSR count). The van der Waals surface area contributed by atoms with Crippen LogP contribution < -0.4 is 0 Å². The summed E-state index contributed by atoms with van der Waals surface area (Å²) in [6, 6.07) is 0. The molecule has 1 fully saturated rings. The van der Waals surface area contributed by atoms with Crippen LogP contribution in [0.5, 0.6) is 0 Å². The zero-order chi connectivity index (χ0) is 7.78. The van der Waals surface area contributed by atoms with Gasteiger partial charge in [-0.15, -0.1) is 13.1 Å². The summed E-state index contributed by atoms with van der Waals surface area (Å²) >= 11 is 0. The van der Waals surface area contributed by atoms with Crippen molar-refractivity contribution in [3.8, 4) is 0 Å². The van der Waals surface area contributed by atoms with E-state index in [-0.39, 0.29) is 39.6 Å². The van der Waals surface area contributed by atoms with Gasteiger partial charge in [0.2, 0.25) is 0 Å². The molecule has 0 spiro atoms. The van der Waals surface area contributed by atoms with E-state index in [1.807, 2.05) is 13.7 Å². The van der Waals surface area contributed by atoms with Crippen LogP contribution in [0.3, 0.4) is 0 Å². The van der Waals surface area contributed by atoms with Gasteiger partial charge >= 0.3 is 0 Å². The molecule has 12 heavy (non-hydrogen) atoms. The molecule has 0 N–H and O–H groups in total. The molecule has 1 aliphatic rings. The third-order valence-electron chi connectivity index (χ3n) is 2.03. The molecule has 0 aliphatic carbocycles. The second-order valence-electron chi connectivity index (χ2n) is 3.31. The molecule has 1 aliphatic heterocycles. The third-order valence-corrected chi connectivity index (χ3v) is 3.96. The molecule has 5 heteroatoms. The first-order chi connectivity index (χ1) is 4.51. The Morgan fingerprint density at radius 1 is 1.67 bits per heavy atom. The van der Waals surface area contributed by atoms with Gasteiger partial charge in [-0.3, -0.25) is 0 Å². The van der Waals surface area contributed by atoms with Gasteiger partial charge < -0.3 is 22.7 Å². The maximum absolute atomic E-state index is 11.5. The Bertz CT molecular complexity index is 179. The van der Waals surface area contributed by atoms with Crippen molar-refractivity contribution in [3.63, 3.8) is 0 Å². The Labute approximate surface area is 103 Å². The second-order valence-corrected chi connectivity index (χ2v) is 6.27. The first-order valence-corrected chi connectivity index (χ1v) is 6.00. The minimum absolute atomic E-state index is 0. The van der Waals surface area contributed by atoms with Gasteiger partial charge in [-0.1, -0.05) is 0 Å². The minimum Gasteiger partial charge on any atom is -0.376 e. The van der Waals surface area contributed by atoms with Gasteiger partial charge in [0.05, 0.1) is 0 Å². The standard InChI is InChI=1S/C7H13BOP.V.W/c1-6-4-8-10(3,9)5-7(6)2;;/h4,6H,5H2,1-3H3;;/q-2;;. The summed E-state index contributed by atoms with van der Waals surface area (Å²) < 4.78 is 11.5. The summed E-state index contributed by atoms with van der Waals surface area (Å²) in [5, 5.41) is 0. The zero-order valence-corrected chi connectivity index (χ0v) is 12.9. The maximum atomic E-state index is 11.5. The fraction of sp³-hybridized carbons (Fsp3) is 0.714. The van der Waals surface area contributed by atoms with Gasteiger partial charge in [0, 0.05) is 39.6 Å². The predicted molar refractivity (Wildman–Crippen MR) is 46.5 cm³/mol. The molecular formula is C7H13BOPVW-2. The first kappa shape index (κ1) is 16.0. The molecule has 0 aromatic carbocycles. The molecular weight excluding hydrogens is 377 g/mol. The Morgan fingerprint density at radius 2 is 2.17 bits per heavy atom. The molecule has 2 radical (unpaired) electrons. The van der Waals surface area contributed by atoms with E-state index in [0.717, 1.165) is 6.16 Å². The molecule has 68 valence electrons. The summed E-state index contributed by atoms with van der Waals surface area (Å²) in [4.78, 5) is 0. The summed E-state index contributed by atoms with van der Waals surface area (Å²) in [7, 11) is -1.90.